The Labute approximate surface area is 89.0 Å². The average Bonchev–Trinajstić information content (AvgIpc) is 2.50. The van der Waals surface area contributed by atoms with Crippen molar-refractivity contribution >= 4 is 17.6 Å². The SMILES string of the molecule is CC1(C)C(C=C(Cl)C(F)(F)F)=C1C(=O)O. The van der Waals surface area contributed by atoms with Crippen LogP contribution in [-0.4, -0.2) is 17.3 Å². The number of hydrogen-bond acceptors (Lipinski definition) is 1. The molecule has 0 fully saturated rings. The molecule has 1 rings (SSSR count). The van der Waals surface area contributed by atoms with Gasteiger partial charge in [-0.3, -0.25) is 0 Å². The molecule has 0 bridgehead atoms. The molecule has 0 saturated heterocycles. The maximum Gasteiger partial charge on any atom is 0.426 e. The van der Waals surface area contributed by atoms with Crippen LogP contribution in [-0.2, 0) is 4.79 Å². The highest BCUT2D eigenvalue weighted by Crippen LogP contribution is 2.53. The number of halogens is 4. The Hall–Kier alpha value is -0.970. The highest BCUT2D eigenvalue weighted by Gasteiger charge is 2.49. The van der Waals surface area contributed by atoms with Gasteiger partial charge in [-0.1, -0.05) is 25.4 Å². The molecule has 6 heteroatoms. The van der Waals surface area contributed by atoms with Gasteiger partial charge in [0.25, 0.3) is 0 Å². The van der Waals surface area contributed by atoms with E-state index in [-0.39, 0.29) is 11.1 Å². The third kappa shape index (κ3) is 2.17. The Balaban J connectivity index is 2.99. The molecule has 0 amide bonds. The van der Waals surface area contributed by atoms with Gasteiger partial charge in [0, 0.05) is 5.41 Å². The summed E-state index contributed by atoms with van der Waals surface area (Å²) in [6.07, 6.45) is -3.96. The van der Waals surface area contributed by atoms with Crippen molar-refractivity contribution < 1.29 is 23.1 Å². The summed E-state index contributed by atoms with van der Waals surface area (Å²) < 4.78 is 36.1. The van der Waals surface area contributed by atoms with Crippen LogP contribution in [0.3, 0.4) is 0 Å². The number of carboxylic acids is 1. The van der Waals surface area contributed by atoms with E-state index in [4.69, 9.17) is 16.7 Å². The summed E-state index contributed by atoms with van der Waals surface area (Å²) in [6.45, 7) is 3.06. The fourth-order valence-electron chi connectivity index (χ4n) is 1.34. The lowest BCUT2D eigenvalue weighted by molar-refractivity contribution is -0.132. The standard InChI is InChI=1S/C9H8ClF3O2/c1-8(2)4(6(8)7(14)15)3-5(10)9(11,12)13/h3H,1-2H3,(H,14,15). The highest BCUT2D eigenvalue weighted by atomic mass is 35.5. The van der Waals surface area contributed by atoms with Gasteiger partial charge in [-0.15, -0.1) is 0 Å². The molecular weight excluding hydrogens is 233 g/mol. The fraction of sp³-hybridized carbons (Fsp3) is 0.444. The van der Waals surface area contributed by atoms with Crippen LogP contribution in [0.15, 0.2) is 22.3 Å². The van der Waals surface area contributed by atoms with Crippen LogP contribution >= 0.6 is 11.6 Å². The van der Waals surface area contributed by atoms with Crippen LogP contribution in [0.2, 0.25) is 0 Å². The predicted molar refractivity (Wildman–Crippen MR) is 48.4 cm³/mol. The van der Waals surface area contributed by atoms with Crippen LogP contribution in [0.4, 0.5) is 13.2 Å². The molecule has 15 heavy (non-hydrogen) atoms. The summed E-state index contributed by atoms with van der Waals surface area (Å²) in [5, 5.41) is 7.36. The second-order valence-electron chi connectivity index (χ2n) is 3.71. The maximum atomic E-state index is 12.0. The van der Waals surface area contributed by atoms with E-state index in [0.717, 1.165) is 0 Å². The summed E-state index contributed by atoms with van der Waals surface area (Å²) in [5.41, 5.74) is -0.723. The minimum absolute atomic E-state index is 0.0232. The molecule has 1 N–H and O–H groups in total. The first-order chi connectivity index (χ1) is 6.58. The number of alkyl halides is 3. The zero-order valence-electron chi connectivity index (χ0n) is 7.94. The Morgan fingerprint density at radius 1 is 1.47 bits per heavy atom. The molecule has 0 aliphatic heterocycles. The quantitative estimate of drug-likeness (QED) is 0.805. The van der Waals surface area contributed by atoms with Gasteiger partial charge in [0.2, 0.25) is 0 Å². The fourth-order valence-corrected chi connectivity index (χ4v) is 1.45. The average molecular weight is 241 g/mol. The van der Waals surface area contributed by atoms with Gasteiger partial charge in [-0.2, -0.15) is 13.2 Å². The van der Waals surface area contributed by atoms with E-state index in [1.165, 1.54) is 13.8 Å². The van der Waals surface area contributed by atoms with Crippen molar-refractivity contribution in [3.8, 4) is 0 Å². The topological polar surface area (TPSA) is 37.3 Å². The smallest absolute Gasteiger partial charge is 0.426 e. The summed E-state index contributed by atoms with van der Waals surface area (Å²) >= 11 is 5.00. The molecule has 2 nitrogen and oxygen atoms in total. The molecule has 0 spiro atoms. The molecule has 0 aromatic carbocycles. The number of allylic oxidation sites excluding steroid dienone is 3. The van der Waals surface area contributed by atoms with Gasteiger partial charge in [0.05, 0.1) is 5.57 Å². The minimum atomic E-state index is -4.63. The van der Waals surface area contributed by atoms with Crippen LogP contribution in [0.25, 0.3) is 0 Å². The summed E-state index contributed by atoms with van der Waals surface area (Å²) in [4.78, 5) is 10.6. The lowest BCUT2D eigenvalue weighted by Crippen LogP contribution is -2.07. The molecule has 0 atom stereocenters. The van der Waals surface area contributed by atoms with Gasteiger partial charge in [-0.05, 0) is 11.6 Å². The minimum Gasteiger partial charge on any atom is -0.478 e. The van der Waals surface area contributed by atoms with E-state index >= 15 is 0 Å². The monoisotopic (exact) mass is 240 g/mol. The van der Waals surface area contributed by atoms with Crippen LogP contribution < -0.4 is 0 Å². The largest absolute Gasteiger partial charge is 0.478 e. The van der Waals surface area contributed by atoms with E-state index in [9.17, 15) is 18.0 Å². The van der Waals surface area contributed by atoms with Crippen LogP contribution in [0, 0.1) is 5.41 Å². The summed E-state index contributed by atoms with van der Waals surface area (Å²) in [5.74, 6) is -1.21. The van der Waals surface area contributed by atoms with E-state index in [0.29, 0.717) is 6.08 Å². The van der Waals surface area contributed by atoms with E-state index < -0.39 is 22.6 Å². The normalized spacial score (nSPS) is 20.5. The Morgan fingerprint density at radius 2 is 1.93 bits per heavy atom. The predicted octanol–water partition coefficient (Wildman–Crippen LogP) is 3.09. The van der Waals surface area contributed by atoms with E-state index in [2.05, 4.69) is 0 Å². The maximum absolute atomic E-state index is 12.0. The van der Waals surface area contributed by atoms with Crippen molar-refractivity contribution in [3.05, 3.63) is 22.3 Å². The number of hydrogen-bond donors (Lipinski definition) is 1. The highest BCUT2D eigenvalue weighted by molar-refractivity contribution is 6.30. The van der Waals surface area contributed by atoms with E-state index in [1.807, 2.05) is 0 Å². The molecule has 0 unspecified atom stereocenters. The Morgan fingerprint density at radius 3 is 2.20 bits per heavy atom. The molecule has 1 aliphatic carbocycles. The Bertz CT molecular complexity index is 377. The first-order valence-electron chi connectivity index (χ1n) is 4.01. The molecule has 0 aromatic rings. The Kier molecular flexibility index (Phi) is 2.63. The first kappa shape index (κ1) is 12.1. The first-order valence-corrected chi connectivity index (χ1v) is 4.39. The second-order valence-corrected chi connectivity index (χ2v) is 4.12. The zero-order chi connectivity index (χ0) is 12.0. The third-order valence-electron chi connectivity index (χ3n) is 2.26. The lowest BCUT2D eigenvalue weighted by Gasteiger charge is -2.04. The molecule has 0 radical (unpaired) electrons. The van der Waals surface area contributed by atoms with Crippen molar-refractivity contribution in [2.75, 3.05) is 0 Å². The molecule has 0 aromatic heterocycles. The van der Waals surface area contributed by atoms with Gasteiger partial charge >= 0.3 is 12.1 Å². The van der Waals surface area contributed by atoms with Crippen molar-refractivity contribution in [1.29, 1.82) is 0 Å². The number of carbonyl (C=O) groups is 1. The van der Waals surface area contributed by atoms with E-state index in [1.54, 1.807) is 0 Å². The lowest BCUT2D eigenvalue weighted by atomic mass is 10.0. The van der Waals surface area contributed by atoms with Crippen LogP contribution in [0.1, 0.15) is 13.8 Å². The van der Waals surface area contributed by atoms with Gasteiger partial charge in [-0.25, -0.2) is 4.79 Å². The molecule has 1 aliphatic rings. The van der Waals surface area contributed by atoms with Crippen LogP contribution in [0.5, 0.6) is 0 Å². The second kappa shape index (κ2) is 3.27. The van der Waals surface area contributed by atoms with Crippen molar-refractivity contribution in [2.24, 2.45) is 5.41 Å². The number of rotatable bonds is 2. The van der Waals surface area contributed by atoms with Gasteiger partial charge < -0.3 is 5.11 Å². The van der Waals surface area contributed by atoms with Crippen molar-refractivity contribution in [1.82, 2.24) is 0 Å². The molecule has 0 saturated carbocycles. The molecule has 0 heterocycles. The van der Waals surface area contributed by atoms with Gasteiger partial charge in [0.1, 0.15) is 5.03 Å². The number of carboxylic acid groups (broad SMARTS) is 1. The summed E-state index contributed by atoms with van der Waals surface area (Å²) in [7, 11) is 0. The summed E-state index contributed by atoms with van der Waals surface area (Å²) in [6, 6.07) is 0. The zero-order valence-corrected chi connectivity index (χ0v) is 8.70. The van der Waals surface area contributed by atoms with Crippen molar-refractivity contribution in [3.63, 3.8) is 0 Å². The molecule has 84 valence electrons. The third-order valence-corrected chi connectivity index (χ3v) is 2.58. The molecular formula is C9H8ClF3O2. The number of aliphatic carboxylic acids is 1. The van der Waals surface area contributed by atoms with Gasteiger partial charge in [0.15, 0.2) is 0 Å². The van der Waals surface area contributed by atoms with Crippen molar-refractivity contribution in [2.45, 2.75) is 20.0 Å².